The average molecular weight is 287 g/mol. The van der Waals surface area contributed by atoms with Crippen LogP contribution >= 0.6 is 23.3 Å². The Labute approximate surface area is 115 Å². The topological polar surface area (TPSA) is 75.1 Å². The number of carbonyl (C=O) groups is 1. The van der Waals surface area contributed by atoms with E-state index < -0.39 is 11.5 Å². The van der Waals surface area contributed by atoms with Crippen LogP contribution in [0.1, 0.15) is 32.0 Å². The molecule has 1 aromatic heterocycles. The first kappa shape index (κ1) is 13.8. The van der Waals surface area contributed by atoms with Crippen molar-refractivity contribution in [1.82, 2.24) is 14.7 Å². The zero-order valence-corrected chi connectivity index (χ0v) is 12.1. The molecule has 2 N–H and O–H groups in total. The summed E-state index contributed by atoms with van der Waals surface area (Å²) in [6.45, 7) is 4.50. The van der Waals surface area contributed by atoms with Crippen LogP contribution in [0.15, 0.2) is 4.34 Å². The van der Waals surface area contributed by atoms with E-state index in [-0.39, 0.29) is 0 Å². The van der Waals surface area contributed by atoms with Gasteiger partial charge in [-0.15, -0.1) is 0 Å². The fraction of sp³-hybridized carbons (Fsp3) is 0.727. The number of carboxylic acids is 1. The maximum Gasteiger partial charge on any atom is 0.323 e. The van der Waals surface area contributed by atoms with E-state index in [1.54, 1.807) is 11.8 Å². The predicted molar refractivity (Wildman–Crippen MR) is 72.2 cm³/mol. The first-order valence-corrected chi connectivity index (χ1v) is 7.66. The van der Waals surface area contributed by atoms with Gasteiger partial charge in [0.25, 0.3) is 0 Å². The van der Waals surface area contributed by atoms with E-state index in [4.69, 9.17) is 0 Å². The number of thioether (sulfide) groups is 1. The van der Waals surface area contributed by atoms with Gasteiger partial charge in [0.1, 0.15) is 11.4 Å². The molecular weight excluding hydrogens is 270 g/mol. The molecule has 1 aliphatic rings. The van der Waals surface area contributed by atoms with E-state index in [9.17, 15) is 9.90 Å². The lowest BCUT2D eigenvalue weighted by Gasteiger charge is -2.25. The zero-order chi connectivity index (χ0) is 13.2. The molecular formula is C11H17N3O2S2. The van der Waals surface area contributed by atoms with Crippen LogP contribution < -0.4 is 5.32 Å². The van der Waals surface area contributed by atoms with Gasteiger partial charge in [-0.1, -0.05) is 18.7 Å². The molecule has 1 fully saturated rings. The Bertz CT molecular complexity index is 438. The van der Waals surface area contributed by atoms with Gasteiger partial charge in [0, 0.05) is 5.25 Å². The minimum Gasteiger partial charge on any atom is -0.480 e. The number of hydrogen-bond acceptors (Lipinski definition) is 6. The van der Waals surface area contributed by atoms with Crippen molar-refractivity contribution < 1.29 is 9.90 Å². The fourth-order valence-electron chi connectivity index (χ4n) is 2.34. The molecule has 0 aliphatic heterocycles. The van der Waals surface area contributed by atoms with Gasteiger partial charge >= 0.3 is 5.97 Å². The van der Waals surface area contributed by atoms with Crippen LogP contribution in [0.25, 0.3) is 0 Å². The third kappa shape index (κ3) is 2.84. The van der Waals surface area contributed by atoms with E-state index in [0.29, 0.717) is 24.6 Å². The highest BCUT2D eigenvalue weighted by molar-refractivity contribution is 8.01. The van der Waals surface area contributed by atoms with Crippen molar-refractivity contribution in [3.8, 4) is 0 Å². The first-order chi connectivity index (χ1) is 8.55. The van der Waals surface area contributed by atoms with E-state index in [2.05, 4.69) is 14.7 Å². The molecule has 0 amide bonds. The van der Waals surface area contributed by atoms with Crippen molar-refractivity contribution in [3.05, 3.63) is 5.82 Å². The van der Waals surface area contributed by atoms with E-state index in [1.165, 1.54) is 11.5 Å². The summed E-state index contributed by atoms with van der Waals surface area (Å²) in [6.07, 6.45) is 2.24. The smallest absolute Gasteiger partial charge is 0.323 e. The van der Waals surface area contributed by atoms with Crippen LogP contribution in [0, 0.1) is 6.92 Å². The molecule has 1 aliphatic carbocycles. The molecule has 7 heteroatoms. The summed E-state index contributed by atoms with van der Waals surface area (Å²) in [6, 6.07) is 0. The Morgan fingerprint density at radius 1 is 1.72 bits per heavy atom. The number of nitrogens with one attached hydrogen (secondary N) is 1. The summed E-state index contributed by atoms with van der Waals surface area (Å²) in [7, 11) is 0. The van der Waals surface area contributed by atoms with Crippen LogP contribution in [-0.4, -0.2) is 37.8 Å². The van der Waals surface area contributed by atoms with Gasteiger partial charge in [-0.2, -0.15) is 4.37 Å². The summed E-state index contributed by atoms with van der Waals surface area (Å²) in [5, 5.41) is 12.8. The molecule has 1 heterocycles. The molecule has 0 aromatic carbocycles. The van der Waals surface area contributed by atoms with Crippen molar-refractivity contribution in [3.63, 3.8) is 0 Å². The Morgan fingerprint density at radius 2 is 2.50 bits per heavy atom. The number of likely N-dealkylation sites (N-methyl/N-ethyl adjacent to an activating group) is 1. The summed E-state index contributed by atoms with van der Waals surface area (Å²) in [4.78, 5) is 15.7. The van der Waals surface area contributed by atoms with Gasteiger partial charge in [-0.3, -0.25) is 4.79 Å². The highest BCUT2D eigenvalue weighted by atomic mass is 32.2. The Morgan fingerprint density at radius 3 is 3.06 bits per heavy atom. The lowest BCUT2D eigenvalue weighted by Crippen LogP contribution is -2.50. The molecule has 2 unspecified atom stereocenters. The number of aliphatic carboxylic acids is 1. The normalized spacial score (nSPS) is 27.6. The summed E-state index contributed by atoms with van der Waals surface area (Å²) in [5.41, 5.74) is -0.744. The van der Waals surface area contributed by atoms with Crippen LogP contribution in [-0.2, 0) is 4.79 Å². The second-order valence-electron chi connectivity index (χ2n) is 4.51. The maximum atomic E-state index is 11.4. The van der Waals surface area contributed by atoms with Crippen molar-refractivity contribution in [2.45, 2.75) is 48.2 Å². The van der Waals surface area contributed by atoms with Gasteiger partial charge in [0.05, 0.1) is 0 Å². The van der Waals surface area contributed by atoms with Crippen molar-refractivity contribution in [2.24, 2.45) is 0 Å². The van der Waals surface area contributed by atoms with Gasteiger partial charge in [-0.05, 0) is 44.3 Å². The van der Waals surface area contributed by atoms with Gasteiger partial charge in [0.2, 0.25) is 0 Å². The number of carboxylic acid groups (broad SMARTS) is 1. The highest BCUT2D eigenvalue weighted by Crippen LogP contribution is 2.40. The predicted octanol–water partition coefficient (Wildman–Crippen LogP) is 1.92. The van der Waals surface area contributed by atoms with Crippen LogP contribution in [0.3, 0.4) is 0 Å². The van der Waals surface area contributed by atoms with Crippen molar-refractivity contribution in [1.29, 1.82) is 0 Å². The van der Waals surface area contributed by atoms with Crippen molar-refractivity contribution in [2.75, 3.05) is 6.54 Å². The maximum absolute atomic E-state index is 11.4. The number of rotatable bonds is 5. The lowest BCUT2D eigenvalue weighted by molar-refractivity contribution is -0.144. The van der Waals surface area contributed by atoms with Crippen LogP contribution in [0.2, 0.25) is 0 Å². The third-order valence-corrected chi connectivity index (χ3v) is 5.31. The number of hydrogen-bond donors (Lipinski definition) is 2. The van der Waals surface area contributed by atoms with Gasteiger partial charge < -0.3 is 10.4 Å². The fourth-order valence-corrected chi connectivity index (χ4v) is 4.53. The lowest BCUT2D eigenvalue weighted by atomic mass is 9.98. The molecule has 1 aromatic rings. The highest BCUT2D eigenvalue weighted by Gasteiger charge is 2.45. The van der Waals surface area contributed by atoms with Gasteiger partial charge in [0.15, 0.2) is 4.34 Å². The van der Waals surface area contributed by atoms with E-state index >= 15 is 0 Å². The largest absolute Gasteiger partial charge is 0.480 e. The molecule has 18 heavy (non-hydrogen) atoms. The minimum absolute atomic E-state index is 0.312. The summed E-state index contributed by atoms with van der Waals surface area (Å²) < 4.78 is 5.08. The summed E-state index contributed by atoms with van der Waals surface area (Å²) >= 11 is 3.05. The molecule has 5 nitrogen and oxygen atoms in total. The quantitative estimate of drug-likeness (QED) is 0.862. The second-order valence-corrected chi connectivity index (χ2v) is 6.81. The minimum atomic E-state index is -0.744. The number of nitrogens with zero attached hydrogens (tertiary/aromatic N) is 2. The van der Waals surface area contributed by atoms with E-state index in [0.717, 1.165) is 16.6 Å². The third-order valence-electron chi connectivity index (χ3n) is 3.17. The Balaban J connectivity index is 2.00. The van der Waals surface area contributed by atoms with Crippen molar-refractivity contribution >= 4 is 29.3 Å². The summed E-state index contributed by atoms with van der Waals surface area (Å²) in [5.74, 6) is 0.0533. The molecule has 1 saturated carbocycles. The van der Waals surface area contributed by atoms with Crippen LogP contribution in [0.5, 0.6) is 0 Å². The molecule has 100 valence electrons. The zero-order valence-electron chi connectivity index (χ0n) is 10.5. The molecule has 2 rings (SSSR count). The Kier molecular flexibility index (Phi) is 4.24. The Hall–Kier alpha value is -0.660. The molecule has 2 atom stereocenters. The molecule has 0 bridgehead atoms. The molecule has 0 saturated heterocycles. The standard InChI is InChI=1S/C11H17N3O2S2/c1-3-12-11(9(15)16)5-4-8(6-11)17-10-13-7(2)14-18-10/h8,12H,3-6H2,1-2H3,(H,15,16). The van der Waals surface area contributed by atoms with E-state index in [1.807, 2.05) is 13.8 Å². The number of aryl methyl sites for hydroxylation is 1. The SMILES string of the molecule is CCNC1(C(=O)O)CCC(Sc2nc(C)ns2)C1. The second kappa shape index (κ2) is 5.54. The average Bonchev–Trinajstić information content (AvgIpc) is 2.88. The van der Waals surface area contributed by atoms with Gasteiger partial charge in [-0.25, -0.2) is 4.98 Å². The monoisotopic (exact) mass is 287 g/mol. The molecule has 0 spiro atoms. The first-order valence-electron chi connectivity index (χ1n) is 6.01. The molecule has 0 radical (unpaired) electrons. The number of aromatic nitrogens is 2. The van der Waals surface area contributed by atoms with Crippen LogP contribution in [0.4, 0.5) is 0 Å².